The normalized spacial score (nSPS) is 49.0. The molecule has 4 aliphatic carbocycles. The van der Waals surface area contributed by atoms with Crippen molar-refractivity contribution in [2.45, 2.75) is 72.1 Å². The van der Waals surface area contributed by atoms with E-state index in [1.54, 1.807) is 0 Å². The van der Waals surface area contributed by atoms with Gasteiger partial charge in [0.2, 0.25) is 0 Å². The highest BCUT2D eigenvalue weighted by Gasteiger charge is 2.59. The molecule has 0 aromatic heterocycles. The summed E-state index contributed by atoms with van der Waals surface area (Å²) in [6.45, 7) is 7.58. The zero-order chi connectivity index (χ0) is 17.1. The summed E-state index contributed by atoms with van der Waals surface area (Å²) in [5.74, 6) is 4.00. The molecular formula is C22H34O2. The average molecular weight is 331 g/mol. The predicted octanol–water partition coefficient (Wildman–Crippen LogP) is 4.76. The van der Waals surface area contributed by atoms with E-state index in [9.17, 15) is 9.90 Å². The fourth-order valence-corrected chi connectivity index (χ4v) is 7.58. The Kier molecular flexibility index (Phi) is 3.99. The molecular weight excluding hydrogens is 296 g/mol. The van der Waals surface area contributed by atoms with Gasteiger partial charge < -0.3 is 5.11 Å². The highest BCUT2D eigenvalue weighted by Crippen LogP contribution is 2.66. The van der Waals surface area contributed by atoms with Gasteiger partial charge in [-0.25, -0.2) is 0 Å². The zero-order valence-corrected chi connectivity index (χ0v) is 15.7. The van der Waals surface area contributed by atoms with Gasteiger partial charge in [0.15, 0.2) is 0 Å². The first kappa shape index (κ1) is 16.8. The number of carbonyl (C=O) groups excluding carboxylic acids is 1. The first-order valence-corrected chi connectivity index (χ1v) is 10.2. The Labute approximate surface area is 147 Å². The molecule has 3 saturated carbocycles. The molecule has 4 rings (SSSR count). The SMILES string of the molecule is C[C@H](CO)[C@H]1CCC2[C@@H]3CC=C4CC(=O)CC[C@]4(C)[C@H]3CC[C@@]21C. The molecule has 4 aliphatic rings. The molecule has 3 fully saturated rings. The van der Waals surface area contributed by atoms with E-state index < -0.39 is 0 Å². The topological polar surface area (TPSA) is 37.3 Å². The predicted molar refractivity (Wildman–Crippen MR) is 96.4 cm³/mol. The van der Waals surface area contributed by atoms with E-state index in [0.717, 1.165) is 37.0 Å². The van der Waals surface area contributed by atoms with Gasteiger partial charge in [0.05, 0.1) is 0 Å². The monoisotopic (exact) mass is 330 g/mol. The number of aliphatic hydroxyl groups is 1. The summed E-state index contributed by atoms with van der Waals surface area (Å²) in [6, 6.07) is 0. The van der Waals surface area contributed by atoms with Crippen molar-refractivity contribution in [2.24, 2.45) is 40.4 Å². The third-order valence-corrected chi connectivity index (χ3v) is 8.98. The lowest BCUT2D eigenvalue weighted by Crippen LogP contribution is -2.50. The molecule has 0 bridgehead atoms. The zero-order valence-electron chi connectivity index (χ0n) is 15.7. The molecule has 2 heteroatoms. The van der Waals surface area contributed by atoms with Crippen LogP contribution in [0.2, 0.25) is 0 Å². The van der Waals surface area contributed by atoms with Crippen molar-refractivity contribution >= 4 is 5.78 Å². The van der Waals surface area contributed by atoms with Crippen LogP contribution in [0.3, 0.4) is 0 Å². The van der Waals surface area contributed by atoms with Crippen molar-refractivity contribution in [3.63, 3.8) is 0 Å². The molecule has 134 valence electrons. The largest absolute Gasteiger partial charge is 0.396 e. The van der Waals surface area contributed by atoms with Crippen molar-refractivity contribution in [2.75, 3.05) is 6.61 Å². The van der Waals surface area contributed by atoms with E-state index in [0.29, 0.717) is 35.1 Å². The highest BCUT2D eigenvalue weighted by atomic mass is 16.3. The standard InChI is InChI=1S/C22H34O2/c1-14(13-23)18-6-7-19-17-5-4-15-12-16(24)8-10-21(15,2)20(17)9-11-22(18,19)3/h4,14,17-20,23H,5-13H2,1-3H3/t14-,17+,18-,19?,20+,21+,22-/m1/s1. The fourth-order valence-electron chi connectivity index (χ4n) is 7.58. The van der Waals surface area contributed by atoms with Crippen LogP contribution in [0.1, 0.15) is 72.1 Å². The number of rotatable bonds is 2. The summed E-state index contributed by atoms with van der Waals surface area (Å²) in [6.07, 6.45) is 11.6. The number of fused-ring (bicyclic) bond motifs is 5. The van der Waals surface area contributed by atoms with Gasteiger partial charge in [-0.15, -0.1) is 0 Å². The Morgan fingerprint density at radius 3 is 2.75 bits per heavy atom. The lowest BCUT2D eigenvalue weighted by molar-refractivity contribution is -0.122. The Hall–Kier alpha value is -0.630. The number of hydrogen-bond acceptors (Lipinski definition) is 2. The molecule has 0 aromatic carbocycles. The molecule has 0 aromatic rings. The third-order valence-electron chi connectivity index (χ3n) is 8.98. The van der Waals surface area contributed by atoms with Gasteiger partial charge in [-0.05, 0) is 78.9 Å². The van der Waals surface area contributed by atoms with Crippen LogP contribution in [0, 0.1) is 40.4 Å². The maximum Gasteiger partial charge on any atom is 0.136 e. The van der Waals surface area contributed by atoms with Crippen LogP contribution in [0.25, 0.3) is 0 Å². The van der Waals surface area contributed by atoms with Crippen molar-refractivity contribution in [3.8, 4) is 0 Å². The molecule has 1 unspecified atom stereocenters. The molecule has 0 saturated heterocycles. The number of hydrogen-bond donors (Lipinski definition) is 1. The molecule has 0 amide bonds. The summed E-state index contributed by atoms with van der Waals surface area (Å²) >= 11 is 0. The first-order chi connectivity index (χ1) is 11.4. The van der Waals surface area contributed by atoms with E-state index in [2.05, 4.69) is 26.8 Å². The van der Waals surface area contributed by atoms with Crippen LogP contribution in [-0.4, -0.2) is 17.5 Å². The molecule has 7 atom stereocenters. The average Bonchev–Trinajstić information content (AvgIpc) is 2.92. The number of Topliss-reactive ketones (excluding diaryl/α,β-unsaturated/α-hetero) is 1. The van der Waals surface area contributed by atoms with Crippen molar-refractivity contribution in [1.82, 2.24) is 0 Å². The van der Waals surface area contributed by atoms with Gasteiger partial charge in [0.1, 0.15) is 5.78 Å². The van der Waals surface area contributed by atoms with E-state index in [-0.39, 0.29) is 0 Å². The lowest BCUT2D eigenvalue weighted by atomic mass is 9.47. The van der Waals surface area contributed by atoms with E-state index in [1.807, 2.05) is 0 Å². The van der Waals surface area contributed by atoms with Gasteiger partial charge in [0.25, 0.3) is 0 Å². The molecule has 1 N–H and O–H groups in total. The van der Waals surface area contributed by atoms with Crippen molar-refractivity contribution in [1.29, 1.82) is 0 Å². The van der Waals surface area contributed by atoms with Crippen LogP contribution >= 0.6 is 0 Å². The van der Waals surface area contributed by atoms with E-state index >= 15 is 0 Å². The summed E-state index contributed by atoms with van der Waals surface area (Å²) in [4.78, 5) is 11.9. The summed E-state index contributed by atoms with van der Waals surface area (Å²) in [7, 11) is 0. The third kappa shape index (κ3) is 2.21. The van der Waals surface area contributed by atoms with Gasteiger partial charge in [-0.3, -0.25) is 4.79 Å². The molecule has 0 spiro atoms. The Morgan fingerprint density at radius 1 is 1.21 bits per heavy atom. The number of allylic oxidation sites excluding steroid dienone is 2. The smallest absolute Gasteiger partial charge is 0.136 e. The van der Waals surface area contributed by atoms with E-state index in [4.69, 9.17) is 0 Å². The summed E-state index contributed by atoms with van der Waals surface area (Å²) in [5, 5.41) is 9.71. The maximum atomic E-state index is 11.9. The highest BCUT2D eigenvalue weighted by molar-refractivity contribution is 5.82. The van der Waals surface area contributed by atoms with Gasteiger partial charge in [0, 0.05) is 19.4 Å². The lowest BCUT2D eigenvalue weighted by Gasteiger charge is -2.57. The summed E-state index contributed by atoms with van der Waals surface area (Å²) in [5.41, 5.74) is 2.19. The fraction of sp³-hybridized carbons (Fsp3) is 0.864. The first-order valence-electron chi connectivity index (χ1n) is 10.2. The van der Waals surface area contributed by atoms with Crippen LogP contribution < -0.4 is 0 Å². The second-order valence-corrected chi connectivity index (χ2v) is 9.86. The second kappa shape index (κ2) is 5.69. The second-order valence-electron chi connectivity index (χ2n) is 9.86. The number of carbonyl (C=O) groups is 1. The molecule has 2 nitrogen and oxygen atoms in total. The Morgan fingerprint density at radius 2 is 2.00 bits per heavy atom. The molecule has 0 heterocycles. The van der Waals surface area contributed by atoms with Crippen molar-refractivity contribution in [3.05, 3.63) is 11.6 Å². The van der Waals surface area contributed by atoms with Crippen molar-refractivity contribution < 1.29 is 9.90 Å². The van der Waals surface area contributed by atoms with Crippen LogP contribution in [0.5, 0.6) is 0 Å². The van der Waals surface area contributed by atoms with Gasteiger partial charge >= 0.3 is 0 Å². The Balaban J connectivity index is 1.64. The molecule has 0 radical (unpaired) electrons. The quantitative estimate of drug-likeness (QED) is 0.741. The minimum Gasteiger partial charge on any atom is -0.396 e. The number of ketones is 1. The van der Waals surface area contributed by atoms with Gasteiger partial charge in [-0.2, -0.15) is 0 Å². The summed E-state index contributed by atoms with van der Waals surface area (Å²) < 4.78 is 0. The Bertz CT molecular complexity index is 564. The van der Waals surface area contributed by atoms with Crippen LogP contribution in [0.4, 0.5) is 0 Å². The maximum absolute atomic E-state index is 11.9. The molecule has 24 heavy (non-hydrogen) atoms. The van der Waals surface area contributed by atoms with Gasteiger partial charge in [-0.1, -0.05) is 32.4 Å². The van der Waals surface area contributed by atoms with Crippen LogP contribution in [0.15, 0.2) is 11.6 Å². The number of aliphatic hydroxyl groups excluding tert-OH is 1. The minimum absolute atomic E-state index is 0.291. The van der Waals surface area contributed by atoms with E-state index in [1.165, 1.54) is 37.7 Å². The minimum atomic E-state index is 0.291. The van der Waals surface area contributed by atoms with Crippen LogP contribution in [-0.2, 0) is 4.79 Å². The molecule has 0 aliphatic heterocycles.